The smallest absolute Gasteiger partial charge is 0.207 e. The van der Waals surface area contributed by atoms with Gasteiger partial charge in [-0.05, 0) is 29.8 Å². The quantitative estimate of drug-likeness (QED) is 0.872. The van der Waals surface area contributed by atoms with Crippen molar-refractivity contribution in [3.8, 4) is 6.07 Å². The van der Waals surface area contributed by atoms with Gasteiger partial charge in [-0.15, -0.1) is 0 Å². The van der Waals surface area contributed by atoms with Crippen molar-refractivity contribution in [1.29, 1.82) is 5.26 Å². The highest BCUT2D eigenvalue weighted by atomic mass is 32.2. The summed E-state index contributed by atoms with van der Waals surface area (Å²) in [4.78, 5) is -0.346. The van der Waals surface area contributed by atoms with E-state index < -0.39 is 15.8 Å². The summed E-state index contributed by atoms with van der Waals surface area (Å²) in [6.07, 6.45) is 0. The molecule has 0 bridgehead atoms. The molecule has 21 heavy (non-hydrogen) atoms. The molecule has 0 N–H and O–H groups in total. The SMILES string of the molecule is CN(Cc1ccc(C#N)cc1)S(=O)(=O)c1ccccc1F. The average molecular weight is 304 g/mol. The van der Waals surface area contributed by atoms with Crippen LogP contribution in [0.25, 0.3) is 0 Å². The van der Waals surface area contributed by atoms with Crippen LogP contribution >= 0.6 is 0 Å². The maximum Gasteiger partial charge on any atom is 0.246 e. The molecule has 0 aliphatic heterocycles. The molecule has 6 heteroatoms. The van der Waals surface area contributed by atoms with Gasteiger partial charge in [-0.25, -0.2) is 12.8 Å². The minimum absolute atomic E-state index is 0.0996. The van der Waals surface area contributed by atoms with Crippen molar-refractivity contribution in [2.45, 2.75) is 11.4 Å². The summed E-state index contributed by atoms with van der Waals surface area (Å²) in [5.74, 6) is -0.774. The third-order valence-corrected chi connectivity index (χ3v) is 4.85. The molecule has 4 nitrogen and oxygen atoms in total. The molecule has 0 saturated carbocycles. The number of hydrogen-bond donors (Lipinski definition) is 0. The molecule has 0 unspecified atom stereocenters. The summed E-state index contributed by atoms with van der Waals surface area (Å²) < 4.78 is 39.3. The molecule has 0 aliphatic rings. The Morgan fingerprint density at radius 1 is 1.14 bits per heavy atom. The second-order valence-electron chi connectivity index (χ2n) is 4.50. The van der Waals surface area contributed by atoms with E-state index in [1.54, 1.807) is 24.3 Å². The largest absolute Gasteiger partial charge is 0.246 e. The molecule has 2 rings (SSSR count). The van der Waals surface area contributed by atoms with Gasteiger partial charge in [-0.3, -0.25) is 0 Å². The number of sulfonamides is 1. The van der Waals surface area contributed by atoms with Crippen molar-refractivity contribution in [1.82, 2.24) is 4.31 Å². The van der Waals surface area contributed by atoms with Gasteiger partial charge in [-0.1, -0.05) is 24.3 Å². The Balaban J connectivity index is 2.25. The molecule has 0 saturated heterocycles. The Bertz CT molecular complexity index is 780. The monoisotopic (exact) mass is 304 g/mol. The first-order valence-corrected chi connectivity index (χ1v) is 7.59. The second-order valence-corrected chi connectivity index (χ2v) is 6.51. The van der Waals surface area contributed by atoms with E-state index in [1.807, 2.05) is 6.07 Å². The van der Waals surface area contributed by atoms with Crippen LogP contribution in [0, 0.1) is 17.1 Å². The second kappa shape index (κ2) is 6.04. The van der Waals surface area contributed by atoms with Crippen molar-refractivity contribution < 1.29 is 12.8 Å². The van der Waals surface area contributed by atoms with Gasteiger partial charge in [0.05, 0.1) is 11.6 Å². The lowest BCUT2D eigenvalue weighted by atomic mass is 10.1. The van der Waals surface area contributed by atoms with E-state index in [9.17, 15) is 12.8 Å². The lowest BCUT2D eigenvalue weighted by Gasteiger charge is -2.17. The molecule has 0 atom stereocenters. The first-order valence-electron chi connectivity index (χ1n) is 6.15. The molecule has 0 radical (unpaired) electrons. The minimum atomic E-state index is -3.89. The van der Waals surface area contributed by atoms with E-state index in [1.165, 1.54) is 25.2 Å². The lowest BCUT2D eigenvalue weighted by Crippen LogP contribution is -2.27. The van der Waals surface area contributed by atoms with Gasteiger partial charge in [-0.2, -0.15) is 9.57 Å². The first-order chi connectivity index (χ1) is 9.95. The fourth-order valence-corrected chi connectivity index (χ4v) is 3.07. The fraction of sp³-hybridized carbons (Fsp3) is 0.133. The molecular weight excluding hydrogens is 291 g/mol. The van der Waals surface area contributed by atoms with Crippen LogP contribution in [-0.2, 0) is 16.6 Å². The molecule has 0 spiro atoms. The van der Waals surface area contributed by atoms with E-state index in [0.717, 1.165) is 15.9 Å². The van der Waals surface area contributed by atoms with Crippen LogP contribution in [0.5, 0.6) is 0 Å². The minimum Gasteiger partial charge on any atom is -0.207 e. The van der Waals surface area contributed by atoms with Crippen LogP contribution in [0.3, 0.4) is 0 Å². The topological polar surface area (TPSA) is 61.2 Å². The van der Waals surface area contributed by atoms with Crippen LogP contribution in [0.4, 0.5) is 4.39 Å². The van der Waals surface area contributed by atoms with Crippen LogP contribution in [-0.4, -0.2) is 19.8 Å². The van der Waals surface area contributed by atoms with Gasteiger partial charge in [0.1, 0.15) is 10.7 Å². The van der Waals surface area contributed by atoms with Crippen molar-refractivity contribution >= 4 is 10.0 Å². The standard InChI is InChI=1S/C15H13FN2O2S/c1-18(11-13-8-6-12(10-17)7-9-13)21(19,20)15-5-3-2-4-14(15)16/h2-9H,11H2,1H3. The zero-order valence-corrected chi connectivity index (χ0v) is 12.1. The third-order valence-electron chi connectivity index (χ3n) is 3.01. The molecule has 0 aromatic heterocycles. The number of rotatable bonds is 4. The van der Waals surface area contributed by atoms with Gasteiger partial charge >= 0.3 is 0 Å². The predicted molar refractivity (Wildman–Crippen MR) is 76.2 cm³/mol. The number of hydrogen-bond acceptors (Lipinski definition) is 3. The Morgan fingerprint density at radius 2 is 1.76 bits per heavy atom. The molecular formula is C15H13FN2O2S. The molecule has 0 fully saturated rings. The van der Waals surface area contributed by atoms with Crippen molar-refractivity contribution in [2.75, 3.05) is 7.05 Å². The van der Waals surface area contributed by atoms with Gasteiger partial charge in [0, 0.05) is 13.6 Å². The van der Waals surface area contributed by atoms with Gasteiger partial charge in [0.15, 0.2) is 0 Å². The van der Waals surface area contributed by atoms with Gasteiger partial charge < -0.3 is 0 Å². The lowest BCUT2D eigenvalue weighted by molar-refractivity contribution is 0.460. The summed E-state index contributed by atoms with van der Waals surface area (Å²) in [5, 5.41) is 8.72. The van der Waals surface area contributed by atoms with E-state index in [-0.39, 0.29) is 11.4 Å². The molecule has 0 heterocycles. The van der Waals surface area contributed by atoms with E-state index >= 15 is 0 Å². The van der Waals surface area contributed by atoms with E-state index in [2.05, 4.69) is 0 Å². The highest BCUT2D eigenvalue weighted by molar-refractivity contribution is 7.89. The Labute approximate surface area is 123 Å². The number of halogens is 1. The highest BCUT2D eigenvalue weighted by Gasteiger charge is 2.24. The summed E-state index contributed by atoms with van der Waals surface area (Å²) >= 11 is 0. The number of nitriles is 1. The van der Waals surface area contributed by atoms with E-state index in [4.69, 9.17) is 5.26 Å². The van der Waals surface area contributed by atoms with Gasteiger partial charge in [0.2, 0.25) is 10.0 Å². The Kier molecular flexibility index (Phi) is 4.36. The Morgan fingerprint density at radius 3 is 2.33 bits per heavy atom. The molecule has 0 amide bonds. The zero-order valence-electron chi connectivity index (χ0n) is 11.3. The zero-order chi connectivity index (χ0) is 15.5. The summed E-state index contributed by atoms with van der Waals surface area (Å²) in [6.45, 7) is 0.0996. The fourth-order valence-electron chi connectivity index (χ4n) is 1.85. The van der Waals surface area contributed by atoms with Crippen LogP contribution in [0.1, 0.15) is 11.1 Å². The molecule has 2 aromatic rings. The number of nitrogens with zero attached hydrogens (tertiary/aromatic N) is 2. The number of benzene rings is 2. The molecule has 2 aromatic carbocycles. The van der Waals surface area contributed by atoms with Gasteiger partial charge in [0.25, 0.3) is 0 Å². The third kappa shape index (κ3) is 3.27. The van der Waals surface area contributed by atoms with E-state index in [0.29, 0.717) is 5.56 Å². The predicted octanol–water partition coefficient (Wildman–Crippen LogP) is 2.52. The maximum atomic E-state index is 13.6. The first kappa shape index (κ1) is 15.2. The van der Waals surface area contributed by atoms with Crippen molar-refractivity contribution in [2.24, 2.45) is 0 Å². The van der Waals surface area contributed by atoms with Crippen molar-refractivity contribution in [3.05, 3.63) is 65.5 Å². The molecule has 108 valence electrons. The Hall–Kier alpha value is -2.23. The average Bonchev–Trinajstić information content (AvgIpc) is 2.48. The van der Waals surface area contributed by atoms with Crippen LogP contribution in [0.2, 0.25) is 0 Å². The van der Waals surface area contributed by atoms with Crippen LogP contribution in [0.15, 0.2) is 53.4 Å². The van der Waals surface area contributed by atoms with Crippen molar-refractivity contribution in [3.63, 3.8) is 0 Å². The normalized spacial score (nSPS) is 11.3. The van der Waals surface area contributed by atoms with Crippen LogP contribution < -0.4 is 0 Å². The molecule has 0 aliphatic carbocycles. The summed E-state index contributed by atoms with van der Waals surface area (Å²) in [6, 6.07) is 13.8. The summed E-state index contributed by atoms with van der Waals surface area (Å²) in [5.41, 5.74) is 1.22. The maximum absolute atomic E-state index is 13.6. The summed E-state index contributed by atoms with van der Waals surface area (Å²) in [7, 11) is -2.50. The highest BCUT2D eigenvalue weighted by Crippen LogP contribution is 2.19.